The number of rotatable bonds is 1. The molecule has 1 spiro atoms. The summed E-state index contributed by atoms with van der Waals surface area (Å²) in [6.07, 6.45) is 5.24. The van der Waals surface area contributed by atoms with Gasteiger partial charge in [0.2, 0.25) is 0 Å². The number of likely N-dealkylation sites (tertiary alicyclic amines) is 1. The van der Waals surface area contributed by atoms with Gasteiger partial charge in [-0.25, -0.2) is 0 Å². The largest absolute Gasteiger partial charge is 0.493 e. The van der Waals surface area contributed by atoms with Crippen LogP contribution in [0.1, 0.15) is 17.5 Å². The Balaban J connectivity index is 1.70. The molecule has 0 saturated carbocycles. The summed E-state index contributed by atoms with van der Waals surface area (Å²) in [5.74, 6) is 1.85. The van der Waals surface area contributed by atoms with Gasteiger partial charge in [-0.05, 0) is 43.6 Å². The number of nitrogens with zero attached hydrogens (tertiary/aromatic N) is 1. The topological polar surface area (TPSA) is 34.2 Å². The molecule has 3 aliphatic heterocycles. The summed E-state index contributed by atoms with van der Waals surface area (Å²) < 4.78 is 18.0. The van der Waals surface area contributed by atoms with Gasteiger partial charge in [0.1, 0.15) is 18.3 Å². The van der Waals surface area contributed by atoms with Crippen molar-refractivity contribution >= 4 is 0 Å². The van der Waals surface area contributed by atoms with Crippen molar-refractivity contribution in [2.24, 2.45) is 0 Å². The first kappa shape index (κ1) is 12.0. The second-order valence-electron chi connectivity index (χ2n) is 7.28. The van der Waals surface area contributed by atoms with E-state index in [1.165, 1.54) is 11.1 Å². The van der Waals surface area contributed by atoms with Crippen molar-refractivity contribution in [1.82, 2.24) is 4.90 Å². The standard InChI is InChI=1S/C18H19NO3/c1-19-6-5-18-10-8-13-16(21-13)17(18)22-15-12(20-2)4-3-9(14(15)18)7-11(10)19/h3-4,8,11,13,16-17H,5-7H2,1-2H3/t11-,13-,16-,17-,18-/m0/s1. The SMILES string of the molecule is COc1ccc2c3c1O[C@H]1[C@H]4O[C@H]4C=C4[C@H](C2)N(C)CC[C@]431. The second-order valence-corrected chi connectivity index (χ2v) is 7.28. The van der Waals surface area contributed by atoms with Gasteiger partial charge in [0.25, 0.3) is 0 Å². The average Bonchev–Trinajstić information content (AvgIpc) is 3.22. The molecule has 5 aliphatic rings. The average molecular weight is 297 g/mol. The van der Waals surface area contributed by atoms with E-state index in [1.807, 2.05) is 0 Å². The molecule has 4 nitrogen and oxygen atoms in total. The van der Waals surface area contributed by atoms with Gasteiger partial charge in [-0.1, -0.05) is 12.1 Å². The molecule has 114 valence electrons. The quantitative estimate of drug-likeness (QED) is 0.583. The van der Waals surface area contributed by atoms with E-state index < -0.39 is 0 Å². The molecule has 0 amide bonds. The Morgan fingerprint density at radius 3 is 3.14 bits per heavy atom. The van der Waals surface area contributed by atoms with Gasteiger partial charge >= 0.3 is 0 Å². The van der Waals surface area contributed by atoms with Gasteiger partial charge < -0.3 is 14.2 Å². The zero-order valence-electron chi connectivity index (χ0n) is 12.8. The highest BCUT2D eigenvalue weighted by Crippen LogP contribution is 2.64. The van der Waals surface area contributed by atoms with Gasteiger partial charge in [0, 0.05) is 11.6 Å². The van der Waals surface area contributed by atoms with Crippen molar-refractivity contribution in [2.45, 2.75) is 42.6 Å². The van der Waals surface area contributed by atoms with Crippen molar-refractivity contribution < 1.29 is 14.2 Å². The van der Waals surface area contributed by atoms with Crippen LogP contribution in [0.25, 0.3) is 0 Å². The molecular weight excluding hydrogens is 278 g/mol. The molecular formula is C18H19NO3. The first-order valence-corrected chi connectivity index (χ1v) is 8.19. The minimum Gasteiger partial charge on any atom is -0.493 e. The highest BCUT2D eigenvalue weighted by molar-refractivity contribution is 5.66. The third-order valence-electron chi connectivity index (χ3n) is 6.49. The molecule has 1 aromatic carbocycles. The lowest BCUT2D eigenvalue weighted by Gasteiger charge is -2.52. The summed E-state index contributed by atoms with van der Waals surface area (Å²) in [5.41, 5.74) is 4.42. The van der Waals surface area contributed by atoms with Crippen LogP contribution in [0, 0.1) is 0 Å². The van der Waals surface area contributed by atoms with E-state index in [4.69, 9.17) is 14.2 Å². The predicted octanol–water partition coefficient (Wildman–Crippen LogP) is 1.66. The van der Waals surface area contributed by atoms with Crippen LogP contribution in [0.3, 0.4) is 0 Å². The number of piperidine rings is 1. The lowest BCUT2D eigenvalue weighted by Crippen LogP contribution is -2.59. The number of likely N-dealkylation sites (N-methyl/N-ethyl adjacent to an activating group) is 1. The highest BCUT2D eigenvalue weighted by atomic mass is 16.6. The Morgan fingerprint density at radius 1 is 1.36 bits per heavy atom. The number of methoxy groups -OCH3 is 1. The summed E-state index contributed by atoms with van der Waals surface area (Å²) in [6.45, 7) is 1.12. The van der Waals surface area contributed by atoms with Crippen LogP contribution in [0.15, 0.2) is 23.8 Å². The second kappa shape index (κ2) is 3.52. The lowest BCUT2D eigenvalue weighted by molar-refractivity contribution is 0.0741. The van der Waals surface area contributed by atoms with Gasteiger partial charge in [0.15, 0.2) is 11.5 Å². The molecule has 2 bridgehead atoms. The van der Waals surface area contributed by atoms with Crippen LogP contribution in [0.4, 0.5) is 0 Å². The van der Waals surface area contributed by atoms with E-state index in [0.29, 0.717) is 6.04 Å². The smallest absolute Gasteiger partial charge is 0.166 e. The summed E-state index contributed by atoms with van der Waals surface area (Å²) in [7, 11) is 3.98. The van der Waals surface area contributed by atoms with E-state index in [9.17, 15) is 0 Å². The minimum atomic E-state index is 0.0340. The van der Waals surface area contributed by atoms with Crippen molar-refractivity contribution in [2.75, 3.05) is 20.7 Å². The maximum atomic E-state index is 6.48. The molecule has 5 atom stereocenters. The molecule has 1 aromatic rings. The summed E-state index contributed by atoms with van der Waals surface area (Å²) in [6, 6.07) is 4.81. The van der Waals surface area contributed by atoms with Crippen LogP contribution >= 0.6 is 0 Å². The third kappa shape index (κ3) is 1.11. The number of ether oxygens (including phenoxy) is 3. The van der Waals surface area contributed by atoms with Crippen molar-refractivity contribution in [1.29, 1.82) is 0 Å². The maximum Gasteiger partial charge on any atom is 0.166 e. The van der Waals surface area contributed by atoms with E-state index in [-0.39, 0.29) is 23.7 Å². The Bertz CT molecular complexity index is 742. The van der Waals surface area contributed by atoms with E-state index in [0.717, 1.165) is 30.9 Å². The Kier molecular flexibility index (Phi) is 1.91. The number of fused-ring (bicyclic) bond motifs is 2. The molecule has 0 aromatic heterocycles. The third-order valence-corrected chi connectivity index (χ3v) is 6.49. The molecule has 2 fully saturated rings. The number of benzene rings is 1. The summed E-state index contributed by atoms with van der Waals surface area (Å²) >= 11 is 0. The number of hydrogen-bond donors (Lipinski definition) is 0. The minimum absolute atomic E-state index is 0.0340. The molecule has 0 unspecified atom stereocenters. The lowest BCUT2D eigenvalue weighted by atomic mass is 9.56. The Hall–Kier alpha value is -1.52. The fraction of sp³-hybridized carbons (Fsp3) is 0.556. The molecule has 2 aliphatic carbocycles. The monoisotopic (exact) mass is 297 g/mol. The van der Waals surface area contributed by atoms with Crippen LogP contribution < -0.4 is 9.47 Å². The molecule has 0 radical (unpaired) electrons. The molecule has 4 heteroatoms. The summed E-state index contributed by atoms with van der Waals surface area (Å²) in [4.78, 5) is 2.50. The van der Waals surface area contributed by atoms with Crippen molar-refractivity contribution in [3.05, 3.63) is 34.9 Å². The Morgan fingerprint density at radius 2 is 2.27 bits per heavy atom. The predicted molar refractivity (Wildman–Crippen MR) is 80.6 cm³/mol. The van der Waals surface area contributed by atoms with Gasteiger partial charge in [-0.3, -0.25) is 4.90 Å². The van der Waals surface area contributed by atoms with E-state index in [1.54, 1.807) is 12.7 Å². The normalized spacial score (nSPS) is 42.9. The molecule has 22 heavy (non-hydrogen) atoms. The fourth-order valence-corrected chi connectivity index (χ4v) is 5.45. The van der Waals surface area contributed by atoms with Crippen molar-refractivity contribution in [3.8, 4) is 11.5 Å². The maximum absolute atomic E-state index is 6.48. The molecule has 0 N–H and O–H groups in total. The van der Waals surface area contributed by atoms with Gasteiger partial charge in [-0.2, -0.15) is 0 Å². The summed E-state index contributed by atoms with van der Waals surface area (Å²) in [5, 5.41) is 0. The first-order chi connectivity index (χ1) is 10.7. The van der Waals surface area contributed by atoms with E-state index >= 15 is 0 Å². The van der Waals surface area contributed by atoms with Crippen molar-refractivity contribution in [3.63, 3.8) is 0 Å². The zero-order valence-corrected chi connectivity index (χ0v) is 12.8. The van der Waals surface area contributed by atoms with Gasteiger partial charge in [-0.15, -0.1) is 0 Å². The fourth-order valence-electron chi connectivity index (χ4n) is 5.45. The highest BCUT2D eigenvalue weighted by Gasteiger charge is 2.68. The molecule has 6 rings (SSSR count). The van der Waals surface area contributed by atoms with Crippen LogP contribution in [0.2, 0.25) is 0 Å². The number of hydrogen-bond acceptors (Lipinski definition) is 4. The molecule has 2 saturated heterocycles. The molecule has 3 heterocycles. The number of epoxide rings is 1. The van der Waals surface area contributed by atoms with Crippen LogP contribution in [-0.4, -0.2) is 50.0 Å². The Labute approximate surface area is 129 Å². The first-order valence-electron chi connectivity index (χ1n) is 8.19. The van der Waals surface area contributed by atoms with Crippen LogP contribution in [-0.2, 0) is 16.6 Å². The van der Waals surface area contributed by atoms with E-state index in [2.05, 4.69) is 30.2 Å². The van der Waals surface area contributed by atoms with Gasteiger partial charge in [0.05, 0.1) is 12.5 Å². The zero-order chi connectivity index (χ0) is 14.6. The van der Waals surface area contributed by atoms with Crippen LogP contribution in [0.5, 0.6) is 11.5 Å².